The molecule has 0 radical (unpaired) electrons. The van der Waals surface area contributed by atoms with Crippen molar-refractivity contribution in [1.29, 1.82) is 0 Å². The van der Waals surface area contributed by atoms with Gasteiger partial charge in [0.05, 0.1) is 25.8 Å². The highest BCUT2D eigenvalue weighted by molar-refractivity contribution is 5.90. The molecule has 2 aromatic heterocycles. The van der Waals surface area contributed by atoms with Gasteiger partial charge >= 0.3 is 6.09 Å². The number of hydrogen-bond donors (Lipinski definition) is 1. The molecule has 1 aliphatic heterocycles. The number of aromatic nitrogens is 5. The van der Waals surface area contributed by atoms with E-state index in [0.717, 1.165) is 6.42 Å². The van der Waals surface area contributed by atoms with Gasteiger partial charge in [0.15, 0.2) is 0 Å². The van der Waals surface area contributed by atoms with E-state index in [1.54, 1.807) is 31.3 Å². The van der Waals surface area contributed by atoms with Crippen LogP contribution < -0.4 is 10.2 Å². The Morgan fingerprint density at radius 2 is 2.16 bits per heavy atom. The number of pyridine rings is 1. The zero-order chi connectivity index (χ0) is 22.7. The van der Waals surface area contributed by atoms with Crippen LogP contribution in [-0.4, -0.2) is 56.4 Å². The first-order valence-electron chi connectivity index (χ1n) is 10.2. The van der Waals surface area contributed by atoms with E-state index in [0.29, 0.717) is 34.8 Å². The molecule has 1 saturated heterocycles. The van der Waals surface area contributed by atoms with Crippen LogP contribution in [0.25, 0.3) is 22.6 Å². The van der Waals surface area contributed by atoms with Crippen molar-refractivity contribution in [2.24, 2.45) is 7.05 Å². The van der Waals surface area contributed by atoms with Gasteiger partial charge in [-0.15, -0.1) is 10.2 Å². The molecule has 0 spiro atoms. The number of carbonyl (C=O) groups is 2. The lowest BCUT2D eigenvalue weighted by Gasteiger charge is -2.14. The van der Waals surface area contributed by atoms with Gasteiger partial charge in [-0.3, -0.25) is 14.7 Å². The van der Waals surface area contributed by atoms with E-state index >= 15 is 0 Å². The maximum atomic E-state index is 14.9. The number of tetrazole rings is 1. The van der Waals surface area contributed by atoms with Gasteiger partial charge in [-0.1, -0.05) is 13.0 Å². The number of anilines is 1. The van der Waals surface area contributed by atoms with Crippen LogP contribution in [-0.2, 0) is 16.6 Å². The van der Waals surface area contributed by atoms with Crippen molar-refractivity contribution in [3.05, 3.63) is 42.3 Å². The lowest BCUT2D eigenvalue weighted by Crippen LogP contribution is -2.34. The standard InChI is InChI=1S/C21H22FN7O3/c1-3-4-19(30)24-11-15-12-29(21(31)32-15)14-6-7-16(17(22)9-14)13-5-8-18(23-10-13)20-25-27-28(2)26-20/h5-10,15H,3-4,11-12H2,1-2H3,(H,24,30)/t15-/m0/s1. The molecule has 2 amide bonds. The number of hydrogen-bond acceptors (Lipinski definition) is 7. The SMILES string of the molecule is CCCC(=O)NC[C@H]1CN(c2ccc(-c3ccc(-c4nnn(C)n4)nc3)c(F)c2)C(=O)O1. The minimum Gasteiger partial charge on any atom is -0.442 e. The fourth-order valence-corrected chi connectivity index (χ4v) is 3.36. The Balaban J connectivity index is 1.45. The van der Waals surface area contributed by atoms with Crippen molar-refractivity contribution in [3.63, 3.8) is 0 Å². The Labute approximate surface area is 183 Å². The molecule has 10 nitrogen and oxygen atoms in total. The maximum Gasteiger partial charge on any atom is 0.414 e. The second kappa shape index (κ2) is 9.08. The predicted molar refractivity (Wildman–Crippen MR) is 113 cm³/mol. The summed E-state index contributed by atoms with van der Waals surface area (Å²) in [6.07, 6.45) is 1.63. The summed E-state index contributed by atoms with van der Waals surface area (Å²) in [6, 6.07) is 7.93. The van der Waals surface area contributed by atoms with Crippen LogP contribution in [0.15, 0.2) is 36.5 Å². The lowest BCUT2D eigenvalue weighted by atomic mass is 10.1. The summed E-state index contributed by atoms with van der Waals surface area (Å²) < 4.78 is 20.2. The van der Waals surface area contributed by atoms with Crippen molar-refractivity contribution in [3.8, 4) is 22.6 Å². The number of carbonyl (C=O) groups excluding carboxylic acids is 2. The summed E-state index contributed by atoms with van der Waals surface area (Å²) in [5, 5.41) is 14.5. The quantitative estimate of drug-likeness (QED) is 0.601. The van der Waals surface area contributed by atoms with Crippen LogP contribution in [0.5, 0.6) is 0 Å². The molecule has 1 aromatic carbocycles. The van der Waals surface area contributed by atoms with Crippen LogP contribution in [0.2, 0.25) is 0 Å². The highest BCUT2D eigenvalue weighted by atomic mass is 19.1. The number of aryl methyl sites for hydroxylation is 1. The molecule has 1 aliphatic rings. The van der Waals surface area contributed by atoms with E-state index in [4.69, 9.17) is 4.74 Å². The lowest BCUT2D eigenvalue weighted by molar-refractivity contribution is -0.121. The Morgan fingerprint density at radius 3 is 2.81 bits per heavy atom. The van der Waals surface area contributed by atoms with Crippen molar-refractivity contribution < 1.29 is 18.7 Å². The molecule has 0 saturated carbocycles. The highest BCUT2D eigenvalue weighted by Gasteiger charge is 2.32. The van der Waals surface area contributed by atoms with Crippen molar-refractivity contribution in [2.45, 2.75) is 25.9 Å². The third-order valence-corrected chi connectivity index (χ3v) is 4.95. The van der Waals surface area contributed by atoms with E-state index in [2.05, 4.69) is 25.7 Å². The van der Waals surface area contributed by atoms with Crippen LogP contribution in [0.3, 0.4) is 0 Å². The van der Waals surface area contributed by atoms with Gasteiger partial charge in [0.1, 0.15) is 17.6 Å². The minimum atomic E-state index is -0.575. The summed E-state index contributed by atoms with van der Waals surface area (Å²) in [6.45, 7) is 2.36. The molecule has 0 unspecified atom stereocenters. The van der Waals surface area contributed by atoms with Crippen LogP contribution in [0, 0.1) is 5.82 Å². The number of amides is 2. The van der Waals surface area contributed by atoms with Crippen LogP contribution >= 0.6 is 0 Å². The van der Waals surface area contributed by atoms with E-state index in [1.165, 1.54) is 22.0 Å². The van der Waals surface area contributed by atoms with Crippen LogP contribution in [0.1, 0.15) is 19.8 Å². The molecule has 3 heterocycles. The smallest absolute Gasteiger partial charge is 0.414 e. The molecule has 1 atom stereocenters. The summed E-state index contributed by atoms with van der Waals surface area (Å²) in [7, 11) is 1.66. The first-order valence-corrected chi connectivity index (χ1v) is 10.2. The summed E-state index contributed by atoms with van der Waals surface area (Å²) in [5.74, 6) is -0.211. The minimum absolute atomic E-state index is 0.0906. The maximum absolute atomic E-state index is 14.9. The summed E-state index contributed by atoms with van der Waals surface area (Å²) in [4.78, 5) is 30.8. The fraction of sp³-hybridized carbons (Fsp3) is 0.333. The van der Waals surface area contributed by atoms with Gasteiger partial charge in [0.25, 0.3) is 0 Å². The number of nitrogens with one attached hydrogen (secondary N) is 1. The van der Waals surface area contributed by atoms with Gasteiger partial charge in [0, 0.05) is 23.7 Å². The molecule has 1 N–H and O–H groups in total. The molecule has 3 aromatic rings. The molecular formula is C21H22FN7O3. The normalized spacial score (nSPS) is 15.7. The molecular weight excluding hydrogens is 417 g/mol. The molecule has 0 aliphatic carbocycles. The average Bonchev–Trinajstić information content (AvgIpc) is 3.38. The van der Waals surface area contributed by atoms with Crippen molar-refractivity contribution >= 4 is 17.7 Å². The highest BCUT2D eigenvalue weighted by Crippen LogP contribution is 2.29. The zero-order valence-corrected chi connectivity index (χ0v) is 17.7. The Morgan fingerprint density at radius 1 is 1.31 bits per heavy atom. The average molecular weight is 439 g/mol. The number of nitrogens with zero attached hydrogens (tertiary/aromatic N) is 6. The molecule has 0 bridgehead atoms. The predicted octanol–water partition coefficient (Wildman–Crippen LogP) is 2.32. The first-order chi connectivity index (χ1) is 15.4. The fourth-order valence-electron chi connectivity index (χ4n) is 3.36. The molecule has 11 heteroatoms. The molecule has 166 valence electrons. The van der Waals surface area contributed by atoms with E-state index in [9.17, 15) is 14.0 Å². The Hall–Kier alpha value is -3.89. The van der Waals surface area contributed by atoms with Crippen molar-refractivity contribution in [1.82, 2.24) is 30.5 Å². The second-order valence-corrected chi connectivity index (χ2v) is 7.37. The van der Waals surface area contributed by atoms with Crippen molar-refractivity contribution in [2.75, 3.05) is 18.0 Å². The first kappa shape index (κ1) is 21.3. The Bertz CT molecular complexity index is 1130. The molecule has 32 heavy (non-hydrogen) atoms. The van der Waals surface area contributed by atoms with Crippen LogP contribution in [0.4, 0.5) is 14.9 Å². The number of halogens is 1. The van der Waals surface area contributed by atoms with Gasteiger partial charge in [-0.2, -0.15) is 4.80 Å². The largest absolute Gasteiger partial charge is 0.442 e. The second-order valence-electron chi connectivity index (χ2n) is 7.37. The molecule has 1 fully saturated rings. The molecule has 4 rings (SSSR count). The monoisotopic (exact) mass is 439 g/mol. The van der Waals surface area contributed by atoms with Gasteiger partial charge in [0.2, 0.25) is 11.7 Å². The third-order valence-electron chi connectivity index (χ3n) is 4.95. The van der Waals surface area contributed by atoms with Gasteiger partial charge in [-0.05, 0) is 35.9 Å². The zero-order valence-electron chi connectivity index (χ0n) is 17.7. The van der Waals surface area contributed by atoms with Gasteiger partial charge < -0.3 is 10.1 Å². The number of benzene rings is 1. The summed E-state index contributed by atoms with van der Waals surface area (Å²) in [5.41, 5.74) is 1.82. The van der Waals surface area contributed by atoms with E-state index in [-0.39, 0.29) is 19.0 Å². The number of cyclic esters (lactones) is 1. The van der Waals surface area contributed by atoms with E-state index < -0.39 is 18.0 Å². The number of ether oxygens (including phenoxy) is 1. The third kappa shape index (κ3) is 4.56. The Kier molecular flexibility index (Phi) is 6.06. The van der Waals surface area contributed by atoms with Gasteiger partial charge in [-0.25, -0.2) is 9.18 Å². The van der Waals surface area contributed by atoms with E-state index in [1.807, 2.05) is 6.92 Å². The topological polar surface area (TPSA) is 115 Å². The number of rotatable bonds is 7. The summed E-state index contributed by atoms with van der Waals surface area (Å²) >= 11 is 0.